The molecule has 0 bridgehead atoms. The molecule has 0 fully saturated rings. The summed E-state index contributed by atoms with van der Waals surface area (Å²) in [4.78, 5) is 26.2. The summed E-state index contributed by atoms with van der Waals surface area (Å²) in [6, 6.07) is 12.6. The summed E-state index contributed by atoms with van der Waals surface area (Å²) in [5.74, 6) is -0.0965. The molecule has 0 saturated heterocycles. The van der Waals surface area contributed by atoms with Gasteiger partial charge < -0.3 is 15.2 Å². The van der Waals surface area contributed by atoms with Gasteiger partial charge in [0.05, 0.1) is 12.8 Å². The lowest BCUT2D eigenvalue weighted by Crippen LogP contribution is -2.31. The lowest BCUT2D eigenvalue weighted by Gasteiger charge is -2.33. The standard InChI is InChI=1S/C23H19NO4/c1-28-18-11-12(9-10-16(18)25)19-20-15(7-4-8-17(20)26)24-22-13-5-2-3-6-14(13)23(27)21(19)22/h2-3,5-6,9-11,19,24-25H,4,7-8H2,1H3/t19-/m1/s1. The van der Waals surface area contributed by atoms with Gasteiger partial charge in [0.15, 0.2) is 23.1 Å². The minimum atomic E-state index is -0.464. The Morgan fingerprint density at radius 2 is 1.82 bits per heavy atom. The Kier molecular flexibility index (Phi) is 3.66. The second-order valence-corrected chi connectivity index (χ2v) is 7.32. The molecule has 0 unspecified atom stereocenters. The van der Waals surface area contributed by atoms with Gasteiger partial charge in [-0.05, 0) is 30.5 Å². The van der Waals surface area contributed by atoms with Crippen LogP contribution >= 0.6 is 0 Å². The molecule has 0 amide bonds. The van der Waals surface area contributed by atoms with E-state index < -0.39 is 5.92 Å². The zero-order chi connectivity index (χ0) is 19.4. The van der Waals surface area contributed by atoms with Crippen molar-refractivity contribution >= 4 is 17.3 Å². The molecule has 0 spiro atoms. The third-order valence-electron chi connectivity index (χ3n) is 5.80. The molecule has 5 heteroatoms. The van der Waals surface area contributed by atoms with E-state index in [2.05, 4.69) is 5.32 Å². The monoisotopic (exact) mass is 373 g/mol. The molecule has 5 rings (SSSR count). The second kappa shape index (κ2) is 6.09. The minimum absolute atomic E-state index is 0.0274. The molecular weight excluding hydrogens is 354 g/mol. The van der Waals surface area contributed by atoms with E-state index in [4.69, 9.17) is 4.74 Å². The Labute approximate surface area is 162 Å². The average molecular weight is 373 g/mol. The number of hydrogen-bond donors (Lipinski definition) is 2. The number of Topliss-reactive ketones (excluding diaryl/α,β-unsaturated/α-hetero) is 2. The van der Waals surface area contributed by atoms with E-state index in [1.165, 1.54) is 7.11 Å². The third-order valence-corrected chi connectivity index (χ3v) is 5.80. The summed E-state index contributed by atoms with van der Waals surface area (Å²) in [5.41, 5.74) is 5.27. The summed E-state index contributed by atoms with van der Waals surface area (Å²) >= 11 is 0. The van der Waals surface area contributed by atoms with Gasteiger partial charge >= 0.3 is 0 Å². The van der Waals surface area contributed by atoms with Crippen LogP contribution < -0.4 is 10.1 Å². The molecule has 140 valence electrons. The van der Waals surface area contributed by atoms with Crippen LogP contribution in [0.3, 0.4) is 0 Å². The maximum absolute atomic E-state index is 13.3. The number of methoxy groups -OCH3 is 1. The Hall–Kier alpha value is -3.34. The fourth-order valence-electron chi connectivity index (χ4n) is 4.54. The van der Waals surface area contributed by atoms with E-state index in [1.807, 2.05) is 24.3 Å². The van der Waals surface area contributed by atoms with Crippen molar-refractivity contribution in [2.75, 3.05) is 7.11 Å². The maximum Gasteiger partial charge on any atom is 0.192 e. The van der Waals surface area contributed by atoms with E-state index in [9.17, 15) is 14.7 Å². The summed E-state index contributed by atoms with van der Waals surface area (Å²) in [7, 11) is 1.49. The number of ether oxygens (including phenoxy) is 1. The molecular formula is C23H19NO4. The van der Waals surface area contributed by atoms with Gasteiger partial charge in [0.2, 0.25) is 0 Å². The molecule has 0 aromatic heterocycles. The van der Waals surface area contributed by atoms with Crippen LogP contribution in [0.1, 0.15) is 46.7 Å². The molecule has 0 saturated carbocycles. The number of hydrogen-bond acceptors (Lipinski definition) is 5. The van der Waals surface area contributed by atoms with E-state index in [0.29, 0.717) is 28.9 Å². The fraction of sp³-hybridized carbons (Fsp3) is 0.217. The van der Waals surface area contributed by atoms with E-state index in [0.717, 1.165) is 35.4 Å². The van der Waals surface area contributed by atoms with Gasteiger partial charge in [0.1, 0.15) is 0 Å². The number of nitrogens with one attached hydrogen (secondary N) is 1. The van der Waals surface area contributed by atoms with Crippen LogP contribution in [0.25, 0.3) is 5.70 Å². The number of fused-ring (bicyclic) bond motifs is 2. The number of rotatable bonds is 2. The molecule has 2 aliphatic carbocycles. The van der Waals surface area contributed by atoms with Crippen molar-refractivity contribution < 1.29 is 19.4 Å². The van der Waals surface area contributed by atoms with Gasteiger partial charge in [-0.2, -0.15) is 0 Å². The number of dihydropyridines is 1. The van der Waals surface area contributed by atoms with Crippen molar-refractivity contribution in [2.24, 2.45) is 0 Å². The van der Waals surface area contributed by atoms with Gasteiger partial charge in [-0.3, -0.25) is 9.59 Å². The molecule has 1 aliphatic heterocycles. The number of phenolic OH excluding ortho intramolecular Hbond substituents is 1. The quantitative estimate of drug-likeness (QED) is 0.839. The Morgan fingerprint density at radius 1 is 1.04 bits per heavy atom. The van der Waals surface area contributed by atoms with Crippen molar-refractivity contribution in [3.05, 3.63) is 76.0 Å². The smallest absolute Gasteiger partial charge is 0.192 e. The van der Waals surface area contributed by atoms with Crippen molar-refractivity contribution in [3.8, 4) is 11.5 Å². The maximum atomic E-state index is 13.3. The van der Waals surface area contributed by atoms with Crippen LogP contribution in [-0.4, -0.2) is 23.8 Å². The number of aromatic hydroxyl groups is 1. The predicted molar refractivity (Wildman–Crippen MR) is 104 cm³/mol. The SMILES string of the molecule is COc1cc([C@@H]2C3=C(CCCC3=O)NC3=C2C(=O)c2ccccc23)ccc1O. The highest BCUT2D eigenvalue weighted by molar-refractivity contribution is 6.23. The number of allylic oxidation sites excluding steroid dienone is 3. The molecule has 0 radical (unpaired) electrons. The molecule has 1 heterocycles. The lowest BCUT2D eigenvalue weighted by atomic mass is 9.75. The average Bonchev–Trinajstić information content (AvgIpc) is 3.00. The van der Waals surface area contributed by atoms with Crippen molar-refractivity contribution in [2.45, 2.75) is 25.2 Å². The molecule has 2 aromatic carbocycles. The van der Waals surface area contributed by atoms with E-state index in [-0.39, 0.29) is 17.3 Å². The van der Waals surface area contributed by atoms with Crippen LogP contribution in [-0.2, 0) is 4.79 Å². The van der Waals surface area contributed by atoms with Crippen LogP contribution in [0, 0.1) is 0 Å². The zero-order valence-corrected chi connectivity index (χ0v) is 15.4. The molecule has 2 N–H and O–H groups in total. The van der Waals surface area contributed by atoms with Crippen LogP contribution in [0.2, 0.25) is 0 Å². The first-order valence-corrected chi connectivity index (χ1v) is 9.38. The number of benzene rings is 2. The summed E-state index contributed by atoms with van der Waals surface area (Å²) in [5, 5.41) is 13.4. The molecule has 3 aliphatic rings. The Balaban J connectivity index is 1.75. The predicted octanol–water partition coefficient (Wildman–Crippen LogP) is 3.70. The van der Waals surface area contributed by atoms with Crippen LogP contribution in [0.5, 0.6) is 11.5 Å². The highest BCUT2D eigenvalue weighted by Crippen LogP contribution is 2.49. The van der Waals surface area contributed by atoms with Gasteiger partial charge in [-0.15, -0.1) is 0 Å². The first-order chi connectivity index (χ1) is 13.6. The number of carbonyl (C=O) groups excluding carboxylic acids is 2. The summed E-state index contributed by atoms with van der Waals surface area (Å²) in [6.07, 6.45) is 2.06. The fourth-order valence-corrected chi connectivity index (χ4v) is 4.54. The molecule has 28 heavy (non-hydrogen) atoms. The highest BCUT2D eigenvalue weighted by atomic mass is 16.5. The number of carbonyl (C=O) groups is 2. The highest BCUT2D eigenvalue weighted by Gasteiger charge is 2.43. The third kappa shape index (κ3) is 2.26. The summed E-state index contributed by atoms with van der Waals surface area (Å²) in [6.45, 7) is 0. The van der Waals surface area contributed by atoms with Gasteiger partial charge in [-0.1, -0.05) is 30.3 Å². The number of phenols is 1. The topological polar surface area (TPSA) is 75.6 Å². The van der Waals surface area contributed by atoms with Crippen LogP contribution in [0.4, 0.5) is 0 Å². The normalized spacial score (nSPS) is 20.5. The van der Waals surface area contributed by atoms with Gasteiger partial charge in [0, 0.05) is 40.3 Å². The van der Waals surface area contributed by atoms with E-state index >= 15 is 0 Å². The largest absolute Gasteiger partial charge is 0.504 e. The molecule has 1 atom stereocenters. The van der Waals surface area contributed by atoms with Crippen molar-refractivity contribution in [1.29, 1.82) is 0 Å². The van der Waals surface area contributed by atoms with E-state index in [1.54, 1.807) is 18.2 Å². The number of ketones is 2. The lowest BCUT2D eigenvalue weighted by molar-refractivity contribution is -0.116. The van der Waals surface area contributed by atoms with Gasteiger partial charge in [0.25, 0.3) is 0 Å². The molecule has 5 nitrogen and oxygen atoms in total. The van der Waals surface area contributed by atoms with Gasteiger partial charge in [-0.25, -0.2) is 0 Å². The molecule has 2 aromatic rings. The Bertz CT molecular complexity index is 1110. The first kappa shape index (κ1) is 16.8. The minimum Gasteiger partial charge on any atom is -0.504 e. The zero-order valence-electron chi connectivity index (χ0n) is 15.4. The first-order valence-electron chi connectivity index (χ1n) is 9.38. The van der Waals surface area contributed by atoms with Crippen molar-refractivity contribution in [3.63, 3.8) is 0 Å². The van der Waals surface area contributed by atoms with Crippen molar-refractivity contribution in [1.82, 2.24) is 5.32 Å². The Morgan fingerprint density at radius 3 is 2.61 bits per heavy atom. The van der Waals surface area contributed by atoms with Crippen LogP contribution in [0.15, 0.2) is 59.3 Å². The second-order valence-electron chi connectivity index (χ2n) is 7.32. The summed E-state index contributed by atoms with van der Waals surface area (Å²) < 4.78 is 5.27.